The summed E-state index contributed by atoms with van der Waals surface area (Å²) in [5, 5.41) is 4.75. The molecule has 0 amide bonds. The number of nitrogens with zero attached hydrogens (tertiary/aromatic N) is 5. The molecule has 166 valence electrons. The Bertz CT molecular complexity index is 1020. The van der Waals surface area contributed by atoms with Gasteiger partial charge in [0.2, 0.25) is 0 Å². The van der Waals surface area contributed by atoms with Crippen molar-refractivity contribution in [2.75, 3.05) is 30.5 Å². The Hall–Kier alpha value is -1.71. The van der Waals surface area contributed by atoms with Crippen molar-refractivity contribution < 1.29 is 8.42 Å². The molecule has 1 aliphatic rings. The SMILES string of the molecule is CC(C)N(Cc1ccc(N(C)C)cc1)Cn1nc(C[C@@H]2CCS(=O)(=O)C2)n(C)c1=S. The Morgan fingerprint density at radius 1 is 1.23 bits per heavy atom. The van der Waals surface area contributed by atoms with Gasteiger partial charge >= 0.3 is 0 Å². The zero-order valence-electron chi connectivity index (χ0n) is 18.6. The van der Waals surface area contributed by atoms with Gasteiger partial charge in [0.15, 0.2) is 14.6 Å². The monoisotopic (exact) mass is 451 g/mol. The van der Waals surface area contributed by atoms with Crippen LogP contribution in [0.2, 0.25) is 0 Å². The zero-order chi connectivity index (χ0) is 22.1. The normalized spacial score (nSPS) is 18.4. The van der Waals surface area contributed by atoms with Crippen molar-refractivity contribution in [3.05, 3.63) is 40.4 Å². The number of hydrogen-bond donors (Lipinski definition) is 0. The molecule has 1 saturated heterocycles. The van der Waals surface area contributed by atoms with E-state index in [-0.39, 0.29) is 17.4 Å². The summed E-state index contributed by atoms with van der Waals surface area (Å²) in [6.07, 6.45) is 1.36. The minimum Gasteiger partial charge on any atom is -0.378 e. The molecule has 2 heterocycles. The second kappa shape index (κ2) is 9.20. The van der Waals surface area contributed by atoms with Crippen molar-refractivity contribution in [3.63, 3.8) is 0 Å². The lowest BCUT2D eigenvalue weighted by atomic mass is 10.1. The van der Waals surface area contributed by atoms with Crippen molar-refractivity contribution in [3.8, 4) is 0 Å². The van der Waals surface area contributed by atoms with E-state index in [2.05, 4.69) is 47.9 Å². The third kappa shape index (κ3) is 5.50. The van der Waals surface area contributed by atoms with Gasteiger partial charge in [-0.15, -0.1) is 0 Å². The topological polar surface area (TPSA) is 63.4 Å². The fourth-order valence-corrected chi connectivity index (χ4v) is 5.86. The molecule has 9 heteroatoms. The van der Waals surface area contributed by atoms with Crippen LogP contribution >= 0.6 is 12.2 Å². The van der Waals surface area contributed by atoms with E-state index in [9.17, 15) is 8.42 Å². The van der Waals surface area contributed by atoms with Gasteiger partial charge in [0.1, 0.15) is 5.82 Å². The summed E-state index contributed by atoms with van der Waals surface area (Å²) in [5.74, 6) is 1.54. The van der Waals surface area contributed by atoms with E-state index in [0.29, 0.717) is 30.3 Å². The van der Waals surface area contributed by atoms with E-state index in [1.54, 1.807) is 0 Å². The van der Waals surface area contributed by atoms with Crippen LogP contribution < -0.4 is 4.90 Å². The van der Waals surface area contributed by atoms with Crippen LogP contribution in [0.3, 0.4) is 0 Å². The molecule has 0 aliphatic carbocycles. The number of sulfone groups is 1. The van der Waals surface area contributed by atoms with Crippen LogP contribution in [-0.2, 0) is 36.5 Å². The zero-order valence-corrected chi connectivity index (χ0v) is 20.2. The van der Waals surface area contributed by atoms with Gasteiger partial charge in [0, 0.05) is 45.8 Å². The molecule has 7 nitrogen and oxygen atoms in total. The van der Waals surface area contributed by atoms with Gasteiger partial charge in [0.05, 0.1) is 18.2 Å². The van der Waals surface area contributed by atoms with Gasteiger partial charge in [-0.25, -0.2) is 13.1 Å². The standard InChI is InChI=1S/C21H33N5O2S2/c1-16(2)25(13-17-6-8-19(9-7-17)23(3)4)15-26-21(29)24(5)20(22-26)12-18-10-11-30(27,28)14-18/h6-9,16,18H,10-15H2,1-5H3/t18-/m0/s1. The van der Waals surface area contributed by atoms with Crippen molar-refractivity contribution in [2.24, 2.45) is 13.0 Å². The summed E-state index contributed by atoms with van der Waals surface area (Å²) >= 11 is 5.63. The Morgan fingerprint density at radius 3 is 2.43 bits per heavy atom. The number of hydrogen-bond acceptors (Lipinski definition) is 6. The Morgan fingerprint density at radius 2 is 1.90 bits per heavy atom. The summed E-state index contributed by atoms with van der Waals surface area (Å²) in [6, 6.07) is 8.91. The van der Waals surface area contributed by atoms with Crippen LogP contribution in [0.15, 0.2) is 24.3 Å². The molecule has 30 heavy (non-hydrogen) atoms. The molecule has 1 aromatic heterocycles. The van der Waals surface area contributed by atoms with E-state index < -0.39 is 9.84 Å². The van der Waals surface area contributed by atoms with E-state index in [1.165, 1.54) is 11.3 Å². The van der Waals surface area contributed by atoms with Crippen molar-refractivity contribution in [1.82, 2.24) is 19.2 Å². The van der Waals surface area contributed by atoms with Crippen LogP contribution in [0.1, 0.15) is 31.7 Å². The molecule has 1 atom stereocenters. The first-order valence-electron chi connectivity index (χ1n) is 10.4. The highest BCUT2D eigenvalue weighted by molar-refractivity contribution is 7.91. The average molecular weight is 452 g/mol. The average Bonchev–Trinajstić information content (AvgIpc) is 3.15. The lowest BCUT2D eigenvalue weighted by Gasteiger charge is -2.26. The molecule has 0 N–H and O–H groups in total. The first-order chi connectivity index (χ1) is 14.1. The molecule has 0 bridgehead atoms. The minimum atomic E-state index is -2.89. The maximum atomic E-state index is 11.8. The summed E-state index contributed by atoms with van der Waals surface area (Å²) < 4.78 is 28.0. The van der Waals surface area contributed by atoms with Gasteiger partial charge in [0.25, 0.3) is 0 Å². The summed E-state index contributed by atoms with van der Waals surface area (Å²) in [6.45, 7) is 5.75. The number of rotatable bonds is 8. The second-order valence-electron chi connectivity index (χ2n) is 8.77. The number of aromatic nitrogens is 3. The van der Waals surface area contributed by atoms with Crippen molar-refractivity contribution in [1.29, 1.82) is 0 Å². The maximum absolute atomic E-state index is 11.8. The van der Waals surface area contributed by atoms with E-state index in [1.807, 2.05) is 30.4 Å². The van der Waals surface area contributed by atoms with Crippen LogP contribution in [0.5, 0.6) is 0 Å². The Kier molecular flexibility index (Phi) is 7.04. The van der Waals surface area contributed by atoms with Gasteiger partial charge in [-0.3, -0.25) is 4.90 Å². The molecule has 1 aromatic carbocycles. The molecular formula is C21H33N5O2S2. The molecule has 1 aliphatic heterocycles. The second-order valence-corrected chi connectivity index (χ2v) is 11.4. The highest BCUT2D eigenvalue weighted by Gasteiger charge is 2.29. The predicted octanol–water partition coefficient (Wildman–Crippen LogP) is 2.86. The lowest BCUT2D eigenvalue weighted by Crippen LogP contribution is -2.33. The van der Waals surface area contributed by atoms with Gasteiger partial charge < -0.3 is 9.47 Å². The number of benzene rings is 1. The highest BCUT2D eigenvalue weighted by Crippen LogP contribution is 2.22. The summed E-state index contributed by atoms with van der Waals surface area (Å²) in [4.78, 5) is 4.42. The fraction of sp³-hybridized carbons (Fsp3) is 0.619. The molecular weight excluding hydrogens is 418 g/mol. The minimum absolute atomic E-state index is 0.135. The third-order valence-corrected chi connectivity index (χ3v) is 8.13. The first-order valence-corrected chi connectivity index (χ1v) is 12.6. The fourth-order valence-electron chi connectivity index (χ4n) is 3.80. The highest BCUT2D eigenvalue weighted by atomic mass is 32.2. The summed E-state index contributed by atoms with van der Waals surface area (Å²) in [7, 11) is 3.11. The smallest absolute Gasteiger partial charge is 0.198 e. The molecule has 0 saturated carbocycles. The van der Waals surface area contributed by atoms with Crippen LogP contribution in [0.25, 0.3) is 0 Å². The molecule has 1 fully saturated rings. The van der Waals surface area contributed by atoms with E-state index in [4.69, 9.17) is 17.3 Å². The van der Waals surface area contributed by atoms with Gasteiger partial charge in [-0.05, 0) is 56.1 Å². The third-order valence-electron chi connectivity index (χ3n) is 5.81. The predicted molar refractivity (Wildman–Crippen MR) is 124 cm³/mol. The van der Waals surface area contributed by atoms with Crippen molar-refractivity contribution >= 4 is 27.7 Å². The van der Waals surface area contributed by atoms with Gasteiger partial charge in [-0.1, -0.05) is 12.1 Å². The molecule has 0 radical (unpaired) electrons. The van der Waals surface area contributed by atoms with E-state index in [0.717, 1.165) is 12.4 Å². The number of anilines is 1. The molecule has 0 unspecified atom stereocenters. The van der Waals surface area contributed by atoms with Crippen LogP contribution in [0, 0.1) is 10.7 Å². The first kappa shape index (κ1) is 23.0. The van der Waals surface area contributed by atoms with Crippen LogP contribution in [-0.4, -0.2) is 59.3 Å². The van der Waals surface area contributed by atoms with Crippen molar-refractivity contribution in [2.45, 2.75) is 45.9 Å². The molecule has 0 spiro atoms. The Labute approximate surface area is 185 Å². The quantitative estimate of drug-likeness (QED) is 0.575. The van der Waals surface area contributed by atoms with Gasteiger partial charge in [-0.2, -0.15) is 5.10 Å². The largest absolute Gasteiger partial charge is 0.378 e. The summed E-state index contributed by atoms with van der Waals surface area (Å²) in [5.41, 5.74) is 2.42. The lowest BCUT2D eigenvalue weighted by molar-refractivity contribution is 0.153. The van der Waals surface area contributed by atoms with E-state index >= 15 is 0 Å². The van der Waals surface area contributed by atoms with Crippen LogP contribution in [0.4, 0.5) is 5.69 Å². The molecule has 3 rings (SSSR count). The maximum Gasteiger partial charge on any atom is 0.198 e. The molecule has 2 aromatic rings. The Balaban J connectivity index is 1.73.